The molecule has 0 unspecified atom stereocenters. The molecule has 1 aromatic carbocycles. The predicted molar refractivity (Wildman–Crippen MR) is 101 cm³/mol. The lowest BCUT2D eigenvalue weighted by Gasteiger charge is -2.23. The van der Waals surface area contributed by atoms with Crippen molar-refractivity contribution in [3.8, 4) is 0 Å². The lowest BCUT2D eigenvalue weighted by molar-refractivity contribution is 0.102. The van der Waals surface area contributed by atoms with Crippen LogP contribution in [0.3, 0.4) is 0 Å². The highest BCUT2D eigenvalue weighted by Gasteiger charge is 2.15. The van der Waals surface area contributed by atoms with Gasteiger partial charge in [-0.1, -0.05) is 44.4 Å². The van der Waals surface area contributed by atoms with Gasteiger partial charge < -0.3 is 10.6 Å². The van der Waals surface area contributed by atoms with Gasteiger partial charge in [-0.05, 0) is 37.3 Å². The van der Waals surface area contributed by atoms with E-state index in [0.717, 1.165) is 29.1 Å². The lowest BCUT2D eigenvalue weighted by atomic mass is 9.96. The first-order valence-electron chi connectivity index (χ1n) is 9.15. The molecule has 0 aliphatic heterocycles. The third kappa shape index (κ3) is 4.35. The Labute approximate surface area is 149 Å². The summed E-state index contributed by atoms with van der Waals surface area (Å²) in [4.78, 5) is 21.2. The van der Waals surface area contributed by atoms with E-state index in [1.54, 1.807) is 12.4 Å². The average molecular weight is 338 g/mol. The van der Waals surface area contributed by atoms with Crippen molar-refractivity contribution in [1.29, 1.82) is 0 Å². The van der Waals surface area contributed by atoms with Crippen LogP contribution in [0.5, 0.6) is 0 Å². The molecule has 1 heterocycles. The minimum absolute atomic E-state index is 0.222. The minimum Gasteiger partial charge on any atom is -0.366 e. The SMILES string of the molecule is CCc1cccc(C)c1NC(=O)c1cnc(NC2CCCCC2)cn1. The summed E-state index contributed by atoms with van der Waals surface area (Å²) in [5.74, 6) is 0.523. The zero-order chi connectivity index (χ0) is 17.6. The number of aromatic nitrogens is 2. The number of benzene rings is 1. The number of carbonyl (C=O) groups is 1. The second-order valence-corrected chi connectivity index (χ2v) is 6.68. The number of hydrogen-bond donors (Lipinski definition) is 2. The van der Waals surface area contributed by atoms with Crippen LogP contribution in [0.15, 0.2) is 30.6 Å². The van der Waals surface area contributed by atoms with E-state index in [9.17, 15) is 4.79 Å². The van der Waals surface area contributed by atoms with Gasteiger partial charge in [0.1, 0.15) is 11.5 Å². The number of para-hydroxylation sites is 1. The molecule has 0 atom stereocenters. The third-order valence-electron chi connectivity index (χ3n) is 4.82. The number of amides is 1. The number of hydrogen-bond acceptors (Lipinski definition) is 4. The number of anilines is 2. The van der Waals surface area contributed by atoms with Gasteiger partial charge in [0.2, 0.25) is 0 Å². The lowest BCUT2D eigenvalue weighted by Crippen LogP contribution is -2.23. The molecule has 0 spiro atoms. The van der Waals surface area contributed by atoms with Gasteiger partial charge in [-0.15, -0.1) is 0 Å². The maximum atomic E-state index is 12.5. The van der Waals surface area contributed by atoms with Crippen LogP contribution in [0, 0.1) is 6.92 Å². The molecule has 0 saturated heterocycles. The zero-order valence-corrected chi connectivity index (χ0v) is 15.0. The molecular weight excluding hydrogens is 312 g/mol. The van der Waals surface area contributed by atoms with Crippen LogP contribution in [-0.2, 0) is 6.42 Å². The molecule has 1 aliphatic carbocycles. The number of nitrogens with zero attached hydrogens (tertiary/aromatic N) is 2. The summed E-state index contributed by atoms with van der Waals surface area (Å²) in [6.07, 6.45) is 10.3. The summed E-state index contributed by atoms with van der Waals surface area (Å²) in [6.45, 7) is 4.08. The van der Waals surface area contributed by atoms with Crippen molar-refractivity contribution in [1.82, 2.24) is 9.97 Å². The first-order chi connectivity index (χ1) is 12.2. The summed E-state index contributed by atoms with van der Waals surface area (Å²) in [6, 6.07) is 6.51. The Hall–Kier alpha value is -2.43. The molecular formula is C20H26N4O. The van der Waals surface area contributed by atoms with Gasteiger partial charge in [0, 0.05) is 11.7 Å². The average Bonchev–Trinajstić information content (AvgIpc) is 2.64. The molecule has 1 aromatic heterocycles. The van der Waals surface area contributed by atoms with Crippen LogP contribution >= 0.6 is 0 Å². The fraction of sp³-hybridized carbons (Fsp3) is 0.450. The fourth-order valence-electron chi connectivity index (χ4n) is 3.36. The van der Waals surface area contributed by atoms with Crippen molar-refractivity contribution < 1.29 is 4.79 Å². The van der Waals surface area contributed by atoms with Gasteiger partial charge >= 0.3 is 0 Å². The van der Waals surface area contributed by atoms with Gasteiger partial charge in [0.05, 0.1) is 12.4 Å². The molecule has 1 saturated carbocycles. The molecule has 0 radical (unpaired) electrons. The monoisotopic (exact) mass is 338 g/mol. The van der Waals surface area contributed by atoms with E-state index in [4.69, 9.17) is 0 Å². The molecule has 2 N–H and O–H groups in total. The Morgan fingerprint density at radius 1 is 1.16 bits per heavy atom. The van der Waals surface area contributed by atoms with Crippen molar-refractivity contribution in [2.45, 2.75) is 58.4 Å². The van der Waals surface area contributed by atoms with Gasteiger partial charge in [0.25, 0.3) is 5.91 Å². The molecule has 0 bridgehead atoms. The van der Waals surface area contributed by atoms with Crippen molar-refractivity contribution in [2.75, 3.05) is 10.6 Å². The summed E-state index contributed by atoms with van der Waals surface area (Å²) >= 11 is 0. The van der Waals surface area contributed by atoms with Crippen LogP contribution in [0.25, 0.3) is 0 Å². The highest BCUT2D eigenvalue weighted by atomic mass is 16.1. The number of nitrogens with one attached hydrogen (secondary N) is 2. The van der Waals surface area contributed by atoms with Crippen molar-refractivity contribution in [2.24, 2.45) is 0 Å². The predicted octanol–water partition coefficient (Wildman–Crippen LogP) is 4.34. The van der Waals surface area contributed by atoms with Gasteiger partial charge in [-0.3, -0.25) is 4.79 Å². The Morgan fingerprint density at radius 2 is 1.96 bits per heavy atom. The highest BCUT2D eigenvalue weighted by molar-refractivity contribution is 6.03. The van der Waals surface area contributed by atoms with E-state index >= 15 is 0 Å². The number of carbonyl (C=O) groups excluding carboxylic acids is 1. The Balaban J connectivity index is 1.67. The molecule has 1 fully saturated rings. The summed E-state index contributed by atoms with van der Waals surface area (Å²) in [7, 11) is 0. The zero-order valence-electron chi connectivity index (χ0n) is 15.0. The highest BCUT2D eigenvalue weighted by Crippen LogP contribution is 2.22. The summed E-state index contributed by atoms with van der Waals surface area (Å²) in [5, 5.41) is 6.40. The molecule has 3 rings (SSSR count). The first-order valence-corrected chi connectivity index (χ1v) is 9.15. The molecule has 1 aliphatic rings. The number of aryl methyl sites for hydroxylation is 2. The second kappa shape index (κ2) is 8.10. The minimum atomic E-state index is -0.222. The van der Waals surface area contributed by atoms with Gasteiger partial charge in [0.15, 0.2) is 0 Å². The smallest absolute Gasteiger partial charge is 0.275 e. The van der Waals surface area contributed by atoms with E-state index in [-0.39, 0.29) is 5.91 Å². The van der Waals surface area contributed by atoms with E-state index in [1.807, 2.05) is 25.1 Å². The molecule has 2 aromatic rings. The van der Waals surface area contributed by atoms with E-state index < -0.39 is 0 Å². The van der Waals surface area contributed by atoms with E-state index in [2.05, 4.69) is 27.5 Å². The van der Waals surface area contributed by atoms with Crippen molar-refractivity contribution >= 4 is 17.4 Å². The van der Waals surface area contributed by atoms with Crippen LogP contribution in [0.4, 0.5) is 11.5 Å². The number of rotatable bonds is 5. The Morgan fingerprint density at radius 3 is 2.64 bits per heavy atom. The van der Waals surface area contributed by atoms with Crippen LogP contribution in [-0.4, -0.2) is 21.9 Å². The Bertz CT molecular complexity index is 721. The van der Waals surface area contributed by atoms with Crippen LogP contribution in [0.2, 0.25) is 0 Å². The van der Waals surface area contributed by atoms with E-state index in [0.29, 0.717) is 11.7 Å². The van der Waals surface area contributed by atoms with E-state index in [1.165, 1.54) is 32.1 Å². The van der Waals surface area contributed by atoms with Gasteiger partial charge in [-0.2, -0.15) is 0 Å². The normalized spacial score (nSPS) is 15.0. The molecule has 1 amide bonds. The summed E-state index contributed by atoms with van der Waals surface area (Å²) in [5.41, 5.74) is 3.38. The largest absolute Gasteiger partial charge is 0.366 e. The van der Waals surface area contributed by atoms with Crippen LogP contribution < -0.4 is 10.6 Å². The first kappa shape index (κ1) is 17.4. The van der Waals surface area contributed by atoms with Crippen LogP contribution in [0.1, 0.15) is 60.6 Å². The fourth-order valence-corrected chi connectivity index (χ4v) is 3.36. The van der Waals surface area contributed by atoms with Crippen molar-refractivity contribution in [3.05, 3.63) is 47.4 Å². The van der Waals surface area contributed by atoms with Gasteiger partial charge in [-0.25, -0.2) is 9.97 Å². The molecule has 25 heavy (non-hydrogen) atoms. The second-order valence-electron chi connectivity index (χ2n) is 6.68. The quantitative estimate of drug-likeness (QED) is 0.851. The molecule has 132 valence electrons. The van der Waals surface area contributed by atoms with Crippen molar-refractivity contribution in [3.63, 3.8) is 0 Å². The third-order valence-corrected chi connectivity index (χ3v) is 4.82. The maximum absolute atomic E-state index is 12.5. The standard InChI is InChI=1S/C20H26N4O/c1-3-15-9-7-8-14(2)19(15)24-20(25)17-12-22-18(13-21-17)23-16-10-5-4-6-11-16/h7-9,12-13,16H,3-6,10-11H2,1-2H3,(H,22,23)(H,24,25). The summed E-state index contributed by atoms with van der Waals surface area (Å²) < 4.78 is 0. The molecule has 5 nitrogen and oxygen atoms in total. The Kier molecular flexibility index (Phi) is 5.64. The molecule has 5 heteroatoms. The maximum Gasteiger partial charge on any atom is 0.275 e. The topological polar surface area (TPSA) is 66.9 Å².